The second-order valence-electron chi connectivity index (χ2n) is 10.3. The molecule has 202 valence electrons. The van der Waals surface area contributed by atoms with Gasteiger partial charge < -0.3 is 9.13 Å². The molecule has 0 unspecified atom stereocenters. The Labute approximate surface area is 229 Å². The first kappa shape index (κ1) is 26.6. The second-order valence-corrected chi connectivity index (χ2v) is 10.3. The predicted molar refractivity (Wildman–Crippen MR) is 161 cm³/mol. The van der Waals surface area contributed by atoms with Crippen LogP contribution >= 0.6 is 0 Å². The Kier molecular flexibility index (Phi) is 8.05. The molecule has 0 aliphatic carbocycles. The van der Waals surface area contributed by atoms with Gasteiger partial charge in [0.1, 0.15) is 0 Å². The topological polar surface area (TPSA) is 78.8 Å². The normalized spacial score (nSPS) is 12.4. The summed E-state index contributed by atoms with van der Waals surface area (Å²) in [6.45, 7) is 8.38. The van der Waals surface area contributed by atoms with E-state index in [0.29, 0.717) is 12.8 Å². The molecule has 7 heteroatoms. The van der Waals surface area contributed by atoms with Gasteiger partial charge in [-0.25, -0.2) is 9.97 Å². The molecule has 8 bridgehead atoms. The molecule has 0 fully saturated rings. The van der Waals surface area contributed by atoms with Crippen LogP contribution in [0.4, 0.5) is 0 Å². The average molecular weight is 524 g/mol. The smallest absolute Gasteiger partial charge is 0.204 e. The molecule has 5 rings (SSSR count). The highest BCUT2D eigenvalue weighted by molar-refractivity contribution is 5.89. The summed E-state index contributed by atoms with van der Waals surface area (Å²) in [5, 5.41) is 11.2. The van der Waals surface area contributed by atoms with Crippen molar-refractivity contribution in [2.45, 2.75) is 72.4 Å². The van der Waals surface area contributed by atoms with Gasteiger partial charge >= 0.3 is 0 Å². The largest absolute Gasteiger partial charge is 0.340 e. The van der Waals surface area contributed by atoms with Crippen LogP contribution in [0.2, 0.25) is 0 Å². The fourth-order valence-electron chi connectivity index (χ4n) is 5.64. The summed E-state index contributed by atoms with van der Waals surface area (Å²) >= 11 is 0. The molecular weight excluding hydrogens is 486 g/mol. The quantitative estimate of drug-likeness (QED) is 0.140. The Bertz CT molecular complexity index is 1610. The van der Waals surface area contributed by atoms with Crippen LogP contribution in [-0.2, 0) is 25.9 Å². The molecule has 0 aromatic carbocycles. The first-order chi connectivity index (χ1) is 19.0. The lowest BCUT2D eigenvalue weighted by atomic mass is 10.1. The summed E-state index contributed by atoms with van der Waals surface area (Å²) in [5.74, 6) is 0. The molecule has 3 aromatic heterocycles. The number of fused-ring (bicyclic) bond motifs is 10. The summed E-state index contributed by atoms with van der Waals surface area (Å²) in [6, 6.07) is 13.1. The van der Waals surface area contributed by atoms with Gasteiger partial charge in [-0.3, -0.25) is 10.1 Å². The molecule has 0 radical (unpaired) electrons. The molecule has 0 atom stereocenters. The highest BCUT2D eigenvalue weighted by atomic mass is 16.6. The van der Waals surface area contributed by atoms with E-state index in [4.69, 9.17) is 9.97 Å². The van der Waals surface area contributed by atoms with Crippen LogP contribution in [0.3, 0.4) is 0 Å². The summed E-state index contributed by atoms with van der Waals surface area (Å²) in [7, 11) is 0. The van der Waals surface area contributed by atoms with Crippen molar-refractivity contribution < 1.29 is 4.92 Å². The van der Waals surface area contributed by atoms with Crippen LogP contribution in [0.15, 0.2) is 36.4 Å². The minimum absolute atomic E-state index is 0.0238. The van der Waals surface area contributed by atoms with Gasteiger partial charge in [-0.05, 0) is 97.5 Å². The molecule has 2 aliphatic rings. The van der Waals surface area contributed by atoms with Crippen molar-refractivity contribution in [2.75, 3.05) is 6.54 Å². The Hall–Kier alpha value is -4.00. The molecule has 2 aliphatic heterocycles. The number of hydrogen-bond acceptors (Lipinski definition) is 4. The fourth-order valence-corrected chi connectivity index (χ4v) is 5.64. The van der Waals surface area contributed by atoms with E-state index < -0.39 is 0 Å². The summed E-state index contributed by atoms with van der Waals surface area (Å²) in [6.07, 6.45) is 13.3. The molecule has 39 heavy (non-hydrogen) atoms. The SMILES string of the molecule is CCCc1cc2ccc3nc(c4nc(ccc5cc(CCC[N+](=O)[O-])c(c1n2CCC)n5CCC)C=C4)C=C3. The lowest BCUT2D eigenvalue weighted by molar-refractivity contribution is -0.480. The predicted octanol–water partition coefficient (Wildman–Crippen LogP) is 7.58. The van der Waals surface area contributed by atoms with Gasteiger partial charge in [0.25, 0.3) is 0 Å². The summed E-state index contributed by atoms with van der Waals surface area (Å²) < 4.78 is 4.87. The second kappa shape index (κ2) is 11.8. The van der Waals surface area contributed by atoms with Gasteiger partial charge in [-0.15, -0.1) is 0 Å². The number of aryl methyl sites for hydroxylation is 4. The van der Waals surface area contributed by atoms with Gasteiger partial charge in [0.2, 0.25) is 6.54 Å². The van der Waals surface area contributed by atoms with Crippen molar-refractivity contribution in [3.8, 4) is 0 Å². The summed E-state index contributed by atoms with van der Waals surface area (Å²) in [4.78, 5) is 20.6. The zero-order chi connectivity index (χ0) is 27.4. The standard InChI is InChI=1S/C32H37N5O2/c1-4-8-23-21-27-14-10-25-12-16-29(33-25)30-17-13-26(34-30)11-15-28-22-24(9-7-20-37(38)39)32(36(28)19-6-3)31(23)35(27)18-5-2/h10-17,21-22H,4-9,18-20H2,1-3H3. The maximum atomic E-state index is 11.2. The third-order valence-corrected chi connectivity index (χ3v) is 7.28. The fraction of sp³-hybridized carbons (Fsp3) is 0.375. The van der Waals surface area contributed by atoms with E-state index in [0.717, 1.165) is 67.1 Å². The zero-order valence-electron chi connectivity index (χ0n) is 23.2. The third-order valence-electron chi connectivity index (χ3n) is 7.28. The summed E-state index contributed by atoms with van der Waals surface area (Å²) in [5.41, 5.74) is 10.8. The van der Waals surface area contributed by atoms with E-state index in [1.54, 1.807) is 0 Å². The van der Waals surface area contributed by atoms with Crippen molar-refractivity contribution in [2.24, 2.45) is 0 Å². The van der Waals surface area contributed by atoms with Crippen LogP contribution < -0.4 is 0 Å². The monoisotopic (exact) mass is 523 g/mol. The van der Waals surface area contributed by atoms with Crippen LogP contribution in [0.5, 0.6) is 0 Å². The number of hydrogen-bond donors (Lipinski definition) is 0. The Morgan fingerprint density at radius 1 is 0.718 bits per heavy atom. The lowest BCUT2D eigenvalue weighted by Gasteiger charge is -2.12. The Balaban J connectivity index is 1.92. The maximum absolute atomic E-state index is 11.2. The van der Waals surface area contributed by atoms with Crippen LogP contribution in [0, 0.1) is 10.1 Å². The van der Waals surface area contributed by atoms with Gasteiger partial charge in [0.05, 0.1) is 33.8 Å². The van der Waals surface area contributed by atoms with E-state index in [-0.39, 0.29) is 11.5 Å². The minimum atomic E-state index is -0.211. The molecule has 3 aromatic rings. The van der Waals surface area contributed by atoms with Crippen LogP contribution in [0.1, 0.15) is 80.4 Å². The highest BCUT2D eigenvalue weighted by Gasteiger charge is 2.17. The van der Waals surface area contributed by atoms with E-state index >= 15 is 0 Å². The molecule has 0 amide bonds. The Morgan fingerprint density at radius 2 is 1.23 bits per heavy atom. The van der Waals surface area contributed by atoms with Crippen LogP contribution in [0.25, 0.3) is 46.4 Å². The van der Waals surface area contributed by atoms with Crippen LogP contribution in [-0.4, -0.2) is 30.6 Å². The van der Waals surface area contributed by atoms with E-state index in [1.165, 1.54) is 27.7 Å². The van der Waals surface area contributed by atoms with Gasteiger partial charge in [-0.1, -0.05) is 27.2 Å². The highest BCUT2D eigenvalue weighted by Crippen LogP contribution is 2.31. The first-order valence-electron chi connectivity index (χ1n) is 14.2. The van der Waals surface area contributed by atoms with Crippen molar-refractivity contribution in [3.05, 3.63) is 80.4 Å². The van der Waals surface area contributed by atoms with E-state index in [9.17, 15) is 10.1 Å². The minimum Gasteiger partial charge on any atom is -0.340 e. The van der Waals surface area contributed by atoms with E-state index in [2.05, 4.69) is 66.3 Å². The van der Waals surface area contributed by atoms with Crippen molar-refractivity contribution in [3.63, 3.8) is 0 Å². The molecule has 0 saturated heterocycles. The lowest BCUT2D eigenvalue weighted by Crippen LogP contribution is -2.04. The first-order valence-corrected chi connectivity index (χ1v) is 14.2. The Morgan fingerprint density at radius 3 is 1.69 bits per heavy atom. The molecule has 5 heterocycles. The van der Waals surface area contributed by atoms with Gasteiger partial charge in [0, 0.05) is 35.5 Å². The van der Waals surface area contributed by atoms with E-state index in [1.807, 2.05) is 24.3 Å². The molecule has 7 nitrogen and oxygen atoms in total. The number of nitrogens with zero attached hydrogens (tertiary/aromatic N) is 5. The van der Waals surface area contributed by atoms with Crippen molar-refractivity contribution in [1.82, 2.24) is 19.1 Å². The van der Waals surface area contributed by atoms with Crippen molar-refractivity contribution >= 4 is 46.4 Å². The molecule has 0 spiro atoms. The van der Waals surface area contributed by atoms with Gasteiger partial charge in [0.15, 0.2) is 0 Å². The molecule has 0 N–H and O–H groups in total. The average Bonchev–Trinajstić information content (AvgIpc) is 3.68. The number of rotatable bonds is 10. The number of aromatic nitrogens is 4. The zero-order valence-corrected chi connectivity index (χ0v) is 23.2. The number of nitro groups is 1. The van der Waals surface area contributed by atoms with Gasteiger partial charge in [-0.2, -0.15) is 0 Å². The maximum Gasteiger partial charge on any atom is 0.204 e. The molecular formula is C32H37N5O2. The van der Waals surface area contributed by atoms with Crippen molar-refractivity contribution in [1.29, 1.82) is 0 Å². The third kappa shape index (κ3) is 5.58. The molecule has 0 saturated carbocycles.